The molecule has 1 rings (SSSR count). The van der Waals surface area contributed by atoms with Crippen LogP contribution in [-0.4, -0.2) is 53.1 Å². The Labute approximate surface area is 121 Å². The van der Waals surface area contributed by atoms with E-state index in [9.17, 15) is 9.59 Å². The highest BCUT2D eigenvalue weighted by Gasteiger charge is 2.26. The molecule has 2 amide bonds. The first-order valence-corrected chi connectivity index (χ1v) is 7.69. The minimum absolute atomic E-state index is 0.0487. The molecule has 0 bridgehead atoms. The molecule has 5 nitrogen and oxygen atoms in total. The SMILES string of the molecule is CCC(C)N(CC(=O)O)C(=O)N(C)CC1CCCCC1. The van der Waals surface area contributed by atoms with Crippen molar-refractivity contribution < 1.29 is 14.7 Å². The molecule has 1 atom stereocenters. The molecule has 0 aromatic heterocycles. The fourth-order valence-corrected chi connectivity index (χ4v) is 2.83. The summed E-state index contributed by atoms with van der Waals surface area (Å²) >= 11 is 0. The summed E-state index contributed by atoms with van der Waals surface area (Å²) in [6.07, 6.45) is 6.91. The van der Waals surface area contributed by atoms with Gasteiger partial charge in [0.25, 0.3) is 0 Å². The van der Waals surface area contributed by atoms with Gasteiger partial charge in [-0.15, -0.1) is 0 Å². The second-order valence-corrected chi connectivity index (χ2v) is 5.95. The maximum Gasteiger partial charge on any atom is 0.323 e. The van der Waals surface area contributed by atoms with E-state index in [4.69, 9.17) is 5.11 Å². The predicted molar refractivity (Wildman–Crippen MR) is 78.7 cm³/mol. The van der Waals surface area contributed by atoms with E-state index in [2.05, 4.69) is 0 Å². The number of rotatable bonds is 6. The Kier molecular flexibility index (Phi) is 6.82. The van der Waals surface area contributed by atoms with Crippen LogP contribution in [0, 0.1) is 5.92 Å². The summed E-state index contributed by atoms with van der Waals surface area (Å²) in [4.78, 5) is 26.5. The molecule has 1 fully saturated rings. The van der Waals surface area contributed by atoms with Crippen molar-refractivity contribution in [3.8, 4) is 0 Å². The van der Waals surface area contributed by atoms with Crippen molar-refractivity contribution in [1.29, 1.82) is 0 Å². The number of amides is 2. The lowest BCUT2D eigenvalue weighted by molar-refractivity contribution is -0.138. The minimum Gasteiger partial charge on any atom is -0.480 e. The molecule has 20 heavy (non-hydrogen) atoms. The fourth-order valence-electron chi connectivity index (χ4n) is 2.83. The summed E-state index contributed by atoms with van der Waals surface area (Å²) in [6, 6.07) is -0.209. The Morgan fingerprint density at radius 3 is 2.35 bits per heavy atom. The molecular weight excluding hydrogens is 256 g/mol. The van der Waals surface area contributed by atoms with Crippen LogP contribution < -0.4 is 0 Å². The van der Waals surface area contributed by atoms with Crippen molar-refractivity contribution in [2.45, 2.75) is 58.4 Å². The van der Waals surface area contributed by atoms with E-state index in [0.717, 1.165) is 13.0 Å². The van der Waals surface area contributed by atoms with Gasteiger partial charge in [0.2, 0.25) is 0 Å². The van der Waals surface area contributed by atoms with Crippen LogP contribution in [0.2, 0.25) is 0 Å². The van der Waals surface area contributed by atoms with Crippen molar-refractivity contribution >= 4 is 12.0 Å². The molecule has 116 valence electrons. The van der Waals surface area contributed by atoms with E-state index < -0.39 is 5.97 Å². The summed E-state index contributed by atoms with van der Waals surface area (Å²) in [7, 11) is 1.79. The largest absolute Gasteiger partial charge is 0.480 e. The standard InChI is InChI=1S/C15H28N2O3/c1-4-12(2)17(11-14(18)19)15(20)16(3)10-13-8-6-5-7-9-13/h12-13H,4-11H2,1-3H3,(H,18,19). The second kappa shape index (κ2) is 8.12. The number of carbonyl (C=O) groups excluding carboxylic acids is 1. The maximum absolute atomic E-state index is 12.4. The highest BCUT2D eigenvalue weighted by atomic mass is 16.4. The highest BCUT2D eigenvalue weighted by molar-refractivity contribution is 5.80. The van der Waals surface area contributed by atoms with Crippen molar-refractivity contribution in [2.24, 2.45) is 5.92 Å². The monoisotopic (exact) mass is 284 g/mol. The Balaban J connectivity index is 2.59. The number of carboxylic acid groups (broad SMARTS) is 1. The third kappa shape index (κ3) is 5.02. The van der Waals surface area contributed by atoms with Crippen molar-refractivity contribution in [1.82, 2.24) is 9.80 Å². The molecule has 1 N–H and O–H groups in total. The van der Waals surface area contributed by atoms with Gasteiger partial charge in [0, 0.05) is 19.6 Å². The van der Waals surface area contributed by atoms with Crippen molar-refractivity contribution in [3.63, 3.8) is 0 Å². The zero-order chi connectivity index (χ0) is 15.1. The highest BCUT2D eigenvalue weighted by Crippen LogP contribution is 2.24. The Hall–Kier alpha value is -1.26. The predicted octanol–water partition coefficient (Wildman–Crippen LogP) is 2.80. The summed E-state index contributed by atoms with van der Waals surface area (Å²) in [5, 5.41) is 8.97. The number of urea groups is 1. The van der Waals surface area contributed by atoms with Gasteiger partial charge < -0.3 is 14.9 Å². The first-order valence-electron chi connectivity index (χ1n) is 7.69. The number of carboxylic acids is 1. The van der Waals surface area contributed by atoms with Gasteiger partial charge in [-0.1, -0.05) is 26.2 Å². The van der Waals surface area contributed by atoms with E-state index in [1.165, 1.54) is 37.0 Å². The maximum atomic E-state index is 12.4. The van der Waals surface area contributed by atoms with Crippen LogP contribution in [0.1, 0.15) is 52.4 Å². The molecule has 0 radical (unpaired) electrons. The van der Waals surface area contributed by atoms with Crippen LogP contribution in [0.3, 0.4) is 0 Å². The summed E-state index contributed by atoms with van der Waals surface area (Å²) in [6.45, 7) is 4.39. The first kappa shape index (κ1) is 16.8. The molecule has 0 aromatic rings. The number of aliphatic carboxylic acids is 1. The molecule has 1 aliphatic rings. The van der Waals surface area contributed by atoms with E-state index >= 15 is 0 Å². The Morgan fingerprint density at radius 1 is 1.25 bits per heavy atom. The molecular formula is C15H28N2O3. The molecule has 0 heterocycles. The molecule has 1 saturated carbocycles. The summed E-state index contributed by atoms with van der Waals surface area (Å²) in [5.74, 6) is -0.383. The molecule has 1 aliphatic carbocycles. The average Bonchev–Trinajstić information content (AvgIpc) is 2.44. The quantitative estimate of drug-likeness (QED) is 0.816. The van der Waals surface area contributed by atoms with Crippen LogP contribution >= 0.6 is 0 Å². The van der Waals surface area contributed by atoms with Gasteiger partial charge in [0.05, 0.1) is 0 Å². The van der Waals surface area contributed by atoms with Gasteiger partial charge in [-0.3, -0.25) is 4.79 Å². The lowest BCUT2D eigenvalue weighted by Crippen LogP contribution is -2.49. The lowest BCUT2D eigenvalue weighted by Gasteiger charge is -2.34. The third-order valence-electron chi connectivity index (χ3n) is 4.26. The Morgan fingerprint density at radius 2 is 1.85 bits per heavy atom. The fraction of sp³-hybridized carbons (Fsp3) is 0.867. The van der Waals surface area contributed by atoms with Crippen LogP contribution in [0.5, 0.6) is 0 Å². The van der Waals surface area contributed by atoms with Gasteiger partial charge in [0.15, 0.2) is 0 Å². The van der Waals surface area contributed by atoms with Gasteiger partial charge >= 0.3 is 12.0 Å². The van der Waals surface area contributed by atoms with Crippen LogP contribution in [0.4, 0.5) is 4.79 Å². The zero-order valence-corrected chi connectivity index (χ0v) is 13.0. The number of hydrogen-bond donors (Lipinski definition) is 1. The van der Waals surface area contributed by atoms with Crippen LogP contribution in [0.15, 0.2) is 0 Å². The smallest absolute Gasteiger partial charge is 0.323 e. The number of hydrogen-bond acceptors (Lipinski definition) is 2. The van der Waals surface area contributed by atoms with Gasteiger partial charge in [0.1, 0.15) is 6.54 Å². The zero-order valence-electron chi connectivity index (χ0n) is 13.0. The van der Waals surface area contributed by atoms with Gasteiger partial charge in [-0.2, -0.15) is 0 Å². The third-order valence-corrected chi connectivity index (χ3v) is 4.26. The van der Waals surface area contributed by atoms with E-state index in [0.29, 0.717) is 5.92 Å². The van der Waals surface area contributed by atoms with Gasteiger partial charge in [-0.05, 0) is 32.1 Å². The molecule has 0 saturated heterocycles. The normalized spacial score (nSPS) is 17.6. The van der Waals surface area contributed by atoms with Crippen molar-refractivity contribution in [2.75, 3.05) is 20.1 Å². The summed E-state index contributed by atoms with van der Waals surface area (Å²) < 4.78 is 0. The van der Waals surface area contributed by atoms with E-state index in [-0.39, 0.29) is 18.6 Å². The van der Waals surface area contributed by atoms with E-state index in [1.54, 1.807) is 11.9 Å². The Bertz CT molecular complexity index is 327. The topological polar surface area (TPSA) is 60.9 Å². The van der Waals surface area contributed by atoms with Gasteiger partial charge in [-0.25, -0.2) is 4.79 Å². The molecule has 0 spiro atoms. The number of carbonyl (C=O) groups is 2. The molecule has 0 aromatic carbocycles. The number of nitrogens with zero attached hydrogens (tertiary/aromatic N) is 2. The lowest BCUT2D eigenvalue weighted by atomic mass is 9.89. The van der Waals surface area contributed by atoms with E-state index in [1.807, 2.05) is 13.8 Å². The van der Waals surface area contributed by atoms with Crippen molar-refractivity contribution in [3.05, 3.63) is 0 Å². The second-order valence-electron chi connectivity index (χ2n) is 5.95. The minimum atomic E-state index is -0.954. The average molecular weight is 284 g/mol. The molecule has 1 unspecified atom stereocenters. The first-order chi connectivity index (χ1) is 9.45. The summed E-state index contributed by atoms with van der Waals surface area (Å²) in [5.41, 5.74) is 0. The molecule has 5 heteroatoms. The molecule has 0 aliphatic heterocycles. The van der Waals surface area contributed by atoms with Crippen LogP contribution in [-0.2, 0) is 4.79 Å². The van der Waals surface area contributed by atoms with Crippen LogP contribution in [0.25, 0.3) is 0 Å².